The maximum absolute atomic E-state index is 11.6. The molecule has 1 aliphatic carbocycles. The number of carbonyl (C=O) groups excluding carboxylic acids is 1. The SMILES string of the molecule is O=C(COc1nc(Cl)c(Cl)cc1Cl)OC[C@@]1(O)C[C@@](O)(CO)[C@H]1O. The Labute approximate surface area is 151 Å². The van der Waals surface area contributed by atoms with Crippen molar-refractivity contribution in [3.8, 4) is 5.88 Å². The lowest BCUT2D eigenvalue weighted by molar-refractivity contribution is -0.291. The van der Waals surface area contributed by atoms with Crippen LogP contribution in [-0.2, 0) is 9.53 Å². The molecule has 24 heavy (non-hydrogen) atoms. The van der Waals surface area contributed by atoms with Crippen molar-refractivity contribution in [1.29, 1.82) is 0 Å². The van der Waals surface area contributed by atoms with Crippen molar-refractivity contribution in [3.05, 3.63) is 21.3 Å². The molecule has 0 aromatic carbocycles. The predicted octanol–water partition coefficient (Wildman–Crippen LogP) is 0.183. The van der Waals surface area contributed by atoms with Crippen molar-refractivity contribution in [3.63, 3.8) is 0 Å². The lowest BCUT2D eigenvalue weighted by Gasteiger charge is -2.53. The number of esters is 1. The molecule has 1 aromatic heterocycles. The van der Waals surface area contributed by atoms with Crippen LogP contribution in [0.2, 0.25) is 15.2 Å². The molecule has 1 aromatic rings. The fourth-order valence-electron chi connectivity index (χ4n) is 2.27. The van der Waals surface area contributed by atoms with Gasteiger partial charge in [0.15, 0.2) is 11.8 Å². The number of aliphatic hydroxyl groups excluding tert-OH is 2. The Hall–Kier alpha value is -0.870. The Morgan fingerprint density at radius 3 is 2.54 bits per heavy atom. The summed E-state index contributed by atoms with van der Waals surface area (Å²) < 4.78 is 9.82. The van der Waals surface area contributed by atoms with E-state index in [0.29, 0.717) is 0 Å². The largest absolute Gasteiger partial charge is 0.465 e. The van der Waals surface area contributed by atoms with Gasteiger partial charge in [-0.2, -0.15) is 4.98 Å². The van der Waals surface area contributed by atoms with Crippen LogP contribution >= 0.6 is 34.8 Å². The summed E-state index contributed by atoms with van der Waals surface area (Å²) in [5.74, 6) is -1.00. The fraction of sp³-hybridized carbons (Fsp3) is 0.538. The number of halogens is 3. The van der Waals surface area contributed by atoms with Crippen molar-refractivity contribution < 1.29 is 34.7 Å². The molecular formula is C13H14Cl3NO7. The highest BCUT2D eigenvalue weighted by Gasteiger charge is 2.62. The Morgan fingerprint density at radius 1 is 1.29 bits per heavy atom. The number of hydrogen-bond donors (Lipinski definition) is 4. The highest BCUT2D eigenvalue weighted by Crippen LogP contribution is 2.41. The van der Waals surface area contributed by atoms with Crippen molar-refractivity contribution in [2.45, 2.75) is 23.7 Å². The molecule has 4 N–H and O–H groups in total. The van der Waals surface area contributed by atoms with Crippen LogP contribution in [0, 0.1) is 0 Å². The van der Waals surface area contributed by atoms with E-state index in [9.17, 15) is 20.1 Å². The molecular weight excluding hydrogens is 389 g/mol. The van der Waals surface area contributed by atoms with Crippen molar-refractivity contribution in [2.75, 3.05) is 19.8 Å². The monoisotopic (exact) mass is 401 g/mol. The summed E-state index contributed by atoms with van der Waals surface area (Å²) in [7, 11) is 0. The molecule has 3 atom stereocenters. The minimum absolute atomic E-state index is 0.0400. The Kier molecular flexibility index (Phi) is 5.81. The zero-order chi connectivity index (χ0) is 18.1. The van der Waals surface area contributed by atoms with Crippen LogP contribution in [0.15, 0.2) is 6.07 Å². The van der Waals surface area contributed by atoms with Crippen LogP contribution < -0.4 is 4.74 Å². The van der Waals surface area contributed by atoms with Crippen LogP contribution in [-0.4, -0.2) is 68.5 Å². The van der Waals surface area contributed by atoms with E-state index in [1.165, 1.54) is 6.07 Å². The predicted molar refractivity (Wildman–Crippen MR) is 83.3 cm³/mol. The van der Waals surface area contributed by atoms with E-state index in [4.69, 9.17) is 49.4 Å². The van der Waals surface area contributed by atoms with Gasteiger partial charge in [-0.25, -0.2) is 4.79 Å². The van der Waals surface area contributed by atoms with E-state index in [-0.39, 0.29) is 27.5 Å². The first-order chi connectivity index (χ1) is 11.1. The van der Waals surface area contributed by atoms with E-state index in [1.54, 1.807) is 0 Å². The molecule has 1 fully saturated rings. The van der Waals surface area contributed by atoms with Gasteiger partial charge in [-0.15, -0.1) is 0 Å². The van der Waals surface area contributed by atoms with Crippen LogP contribution in [0.3, 0.4) is 0 Å². The molecule has 1 heterocycles. The van der Waals surface area contributed by atoms with E-state index in [2.05, 4.69) is 4.98 Å². The number of carbonyl (C=O) groups is 1. The highest BCUT2D eigenvalue weighted by atomic mass is 35.5. The normalized spacial score (nSPS) is 29.0. The summed E-state index contributed by atoms with van der Waals surface area (Å²) in [6.07, 6.45) is -1.98. The Bertz CT molecular complexity index is 646. The molecule has 134 valence electrons. The number of rotatable bonds is 6. The number of pyridine rings is 1. The summed E-state index contributed by atoms with van der Waals surface area (Å²) in [5, 5.41) is 38.3. The molecule has 0 aliphatic heterocycles. The summed E-state index contributed by atoms with van der Waals surface area (Å²) in [6.45, 7) is -1.89. The summed E-state index contributed by atoms with van der Waals surface area (Å²) >= 11 is 17.2. The highest BCUT2D eigenvalue weighted by molar-refractivity contribution is 6.42. The lowest BCUT2D eigenvalue weighted by atomic mass is 9.65. The first kappa shape index (κ1) is 19.5. The molecule has 0 radical (unpaired) electrons. The third-order valence-electron chi connectivity index (χ3n) is 3.57. The first-order valence-corrected chi connectivity index (χ1v) is 7.78. The molecule has 0 amide bonds. The third kappa shape index (κ3) is 3.85. The summed E-state index contributed by atoms with van der Waals surface area (Å²) in [5.41, 5.74) is -3.65. The molecule has 2 rings (SSSR count). The van der Waals surface area contributed by atoms with Gasteiger partial charge in [0.05, 0.1) is 11.6 Å². The van der Waals surface area contributed by atoms with Gasteiger partial charge in [0, 0.05) is 6.42 Å². The van der Waals surface area contributed by atoms with Gasteiger partial charge in [-0.3, -0.25) is 0 Å². The molecule has 8 nitrogen and oxygen atoms in total. The Morgan fingerprint density at radius 2 is 1.96 bits per heavy atom. The van der Waals surface area contributed by atoms with E-state index < -0.39 is 43.1 Å². The van der Waals surface area contributed by atoms with Crippen LogP contribution in [0.4, 0.5) is 0 Å². The second-order valence-electron chi connectivity index (χ2n) is 5.44. The topological polar surface area (TPSA) is 129 Å². The molecule has 0 bridgehead atoms. The molecule has 1 aliphatic rings. The summed E-state index contributed by atoms with van der Waals surface area (Å²) in [6, 6.07) is 1.29. The van der Waals surface area contributed by atoms with Crippen molar-refractivity contribution >= 4 is 40.8 Å². The van der Waals surface area contributed by atoms with Crippen molar-refractivity contribution in [2.24, 2.45) is 0 Å². The maximum atomic E-state index is 11.6. The lowest BCUT2D eigenvalue weighted by Crippen LogP contribution is -2.73. The second kappa shape index (κ2) is 7.17. The van der Waals surface area contributed by atoms with E-state index in [0.717, 1.165) is 0 Å². The number of ether oxygens (including phenoxy) is 2. The van der Waals surface area contributed by atoms with Gasteiger partial charge >= 0.3 is 5.97 Å². The van der Waals surface area contributed by atoms with Gasteiger partial charge in [-0.1, -0.05) is 34.8 Å². The molecule has 0 unspecified atom stereocenters. The van der Waals surface area contributed by atoms with E-state index in [1.807, 2.05) is 0 Å². The third-order valence-corrected chi connectivity index (χ3v) is 4.51. The fourth-order valence-corrected chi connectivity index (χ4v) is 2.81. The van der Waals surface area contributed by atoms with Gasteiger partial charge < -0.3 is 29.9 Å². The smallest absolute Gasteiger partial charge is 0.344 e. The number of aliphatic hydroxyl groups is 4. The zero-order valence-corrected chi connectivity index (χ0v) is 14.3. The second-order valence-corrected chi connectivity index (χ2v) is 6.61. The molecule has 11 heteroatoms. The van der Waals surface area contributed by atoms with Crippen LogP contribution in [0.25, 0.3) is 0 Å². The average Bonchev–Trinajstić information content (AvgIpc) is 2.54. The minimum Gasteiger partial charge on any atom is -0.465 e. The van der Waals surface area contributed by atoms with Gasteiger partial charge in [-0.05, 0) is 6.07 Å². The quantitative estimate of drug-likeness (QED) is 0.392. The first-order valence-electron chi connectivity index (χ1n) is 6.65. The molecule has 0 saturated heterocycles. The number of aromatic nitrogens is 1. The molecule has 1 saturated carbocycles. The maximum Gasteiger partial charge on any atom is 0.344 e. The van der Waals surface area contributed by atoms with E-state index >= 15 is 0 Å². The van der Waals surface area contributed by atoms with Crippen molar-refractivity contribution in [1.82, 2.24) is 4.98 Å². The number of hydrogen-bond acceptors (Lipinski definition) is 8. The van der Waals surface area contributed by atoms with Gasteiger partial charge in [0.1, 0.15) is 28.9 Å². The number of nitrogens with zero attached hydrogens (tertiary/aromatic N) is 1. The standard InChI is InChI=1S/C13H14Cl3NO7/c14-6-1-7(15)10(17-9(6)16)23-2-8(19)24-5-13(22)3-12(21,4-18)11(13)20/h1,11,18,20-22H,2-5H2/t11-,12-,13+/m1/s1. The molecule has 0 spiro atoms. The zero-order valence-electron chi connectivity index (χ0n) is 12.1. The van der Waals surface area contributed by atoms with Gasteiger partial charge in [0.2, 0.25) is 5.88 Å². The average molecular weight is 403 g/mol. The van der Waals surface area contributed by atoms with Crippen LogP contribution in [0.1, 0.15) is 6.42 Å². The van der Waals surface area contributed by atoms with Crippen LogP contribution in [0.5, 0.6) is 5.88 Å². The minimum atomic E-state index is -1.84. The summed E-state index contributed by atoms with van der Waals surface area (Å²) in [4.78, 5) is 15.4. The van der Waals surface area contributed by atoms with Gasteiger partial charge in [0.25, 0.3) is 0 Å². The Balaban J connectivity index is 1.84.